The SMILES string of the molecule is CN1CCN(C(c2ccccn2)c2nnnn2Cc2ccccc2)CC1.[2H]C. The fourth-order valence-electron chi connectivity index (χ4n) is 3.38. The third-order valence-corrected chi connectivity index (χ3v) is 4.85. The maximum Gasteiger partial charge on any atom is 0.174 e. The fourth-order valence-corrected chi connectivity index (χ4v) is 3.38. The van der Waals surface area contributed by atoms with E-state index in [0.29, 0.717) is 6.54 Å². The summed E-state index contributed by atoms with van der Waals surface area (Å²) in [4.78, 5) is 9.39. The van der Waals surface area contributed by atoms with Crippen molar-refractivity contribution in [2.24, 2.45) is 0 Å². The van der Waals surface area contributed by atoms with Crippen molar-refractivity contribution in [2.75, 3.05) is 33.2 Å². The van der Waals surface area contributed by atoms with Gasteiger partial charge in [-0.25, -0.2) is 4.68 Å². The third kappa shape index (κ3) is 4.37. The molecule has 7 heteroatoms. The minimum absolute atomic E-state index is 0.0383. The zero-order valence-corrected chi connectivity index (χ0v) is 15.9. The van der Waals surface area contributed by atoms with Gasteiger partial charge in [0.15, 0.2) is 5.82 Å². The van der Waals surface area contributed by atoms with E-state index < -0.39 is 0 Å². The summed E-state index contributed by atoms with van der Waals surface area (Å²) in [7, 11) is 3.41. The fraction of sp³-hybridized carbons (Fsp3) is 0.400. The summed E-state index contributed by atoms with van der Waals surface area (Å²) in [5.41, 5.74) is 2.17. The minimum atomic E-state index is -0.0383. The standard InChI is InChI=1S/C19H23N7.CH4/c1-24-11-13-25(14-12-24)18(17-9-5-6-10-20-17)19-21-22-23-26(19)15-16-7-3-2-4-8-16;/h2-10,18H,11-15H2,1H3;1H4/i;1D. The number of tetrazole rings is 1. The Labute approximate surface area is 162 Å². The molecule has 4 rings (SSSR count). The molecule has 0 amide bonds. The molecule has 1 unspecified atom stereocenters. The quantitative estimate of drug-likeness (QED) is 0.689. The van der Waals surface area contributed by atoms with E-state index in [9.17, 15) is 0 Å². The summed E-state index contributed by atoms with van der Waals surface area (Å²) < 4.78 is 7.65. The predicted octanol–water partition coefficient (Wildman–Crippen LogP) is 2.09. The van der Waals surface area contributed by atoms with Crippen LogP contribution in [0.5, 0.6) is 0 Å². The molecule has 0 spiro atoms. The van der Waals surface area contributed by atoms with E-state index in [4.69, 9.17) is 1.37 Å². The molecule has 0 N–H and O–H groups in total. The van der Waals surface area contributed by atoms with Gasteiger partial charge in [0.05, 0.1) is 12.2 Å². The van der Waals surface area contributed by atoms with Crippen molar-refractivity contribution in [1.82, 2.24) is 35.0 Å². The van der Waals surface area contributed by atoms with Crippen molar-refractivity contribution in [2.45, 2.75) is 20.0 Å². The van der Waals surface area contributed by atoms with E-state index in [2.05, 4.69) is 55.6 Å². The smallest absolute Gasteiger partial charge is 0.174 e. The molecule has 27 heavy (non-hydrogen) atoms. The van der Waals surface area contributed by atoms with E-state index >= 15 is 0 Å². The van der Waals surface area contributed by atoms with E-state index in [0.717, 1.165) is 37.7 Å². The van der Waals surface area contributed by atoms with Crippen LogP contribution in [0.4, 0.5) is 0 Å². The number of benzene rings is 1. The number of likely N-dealkylation sites (N-methyl/N-ethyl adjacent to an activating group) is 1. The molecule has 1 atom stereocenters. The average Bonchev–Trinajstić information content (AvgIpc) is 3.20. The lowest BCUT2D eigenvalue weighted by atomic mass is 10.1. The summed E-state index contributed by atoms with van der Waals surface area (Å²) in [5, 5.41) is 12.6. The van der Waals surface area contributed by atoms with Gasteiger partial charge in [-0.05, 0) is 35.2 Å². The van der Waals surface area contributed by atoms with Crippen LogP contribution in [0.2, 0.25) is 0 Å². The number of nitrogens with zero attached hydrogens (tertiary/aromatic N) is 7. The number of hydrogen-bond acceptors (Lipinski definition) is 6. The number of hydrogen-bond donors (Lipinski definition) is 0. The first-order chi connectivity index (χ1) is 13.8. The van der Waals surface area contributed by atoms with Gasteiger partial charge in [0.25, 0.3) is 0 Å². The topological polar surface area (TPSA) is 63.0 Å². The maximum absolute atomic E-state index is 5.75. The van der Waals surface area contributed by atoms with E-state index in [-0.39, 0.29) is 6.04 Å². The Morgan fingerprint density at radius 3 is 2.48 bits per heavy atom. The van der Waals surface area contributed by atoms with Crippen LogP contribution >= 0.6 is 0 Å². The summed E-state index contributed by atoms with van der Waals surface area (Å²) >= 11 is 0. The van der Waals surface area contributed by atoms with E-state index in [1.54, 1.807) is 0 Å². The molecule has 1 aliphatic rings. The Kier molecular flexibility index (Phi) is 5.81. The Morgan fingerprint density at radius 2 is 1.78 bits per heavy atom. The molecule has 0 saturated carbocycles. The van der Waals surface area contributed by atoms with Crippen LogP contribution in [0, 0.1) is 0 Å². The molecule has 3 heterocycles. The van der Waals surface area contributed by atoms with Gasteiger partial charge in [-0.1, -0.05) is 43.8 Å². The summed E-state index contributed by atoms with van der Waals surface area (Å²) in [6.45, 7) is 4.65. The molecule has 7 nitrogen and oxygen atoms in total. The van der Waals surface area contributed by atoms with Gasteiger partial charge in [-0.2, -0.15) is 0 Å². The van der Waals surface area contributed by atoms with Crippen LogP contribution in [0.25, 0.3) is 0 Å². The number of rotatable bonds is 5. The molecule has 0 bridgehead atoms. The molecule has 1 aliphatic heterocycles. The average molecular weight is 366 g/mol. The monoisotopic (exact) mass is 366 g/mol. The second-order valence-electron chi connectivity index (χ2n) is 6.68. The van der Waals surface area contributed by atoms with E-state index in [1.807, 2.05) is 41.2 Å². The van der Waals surface area contributed by atoms with Gasteiger partial charge in [0, 0.05) is 33.7 Å². The zero-order valence-electron chi connectivity index (χ0n) is 16.9. The van der Waals surface area contributed by atoms with Crippen LogP contribution in [-0.2, 0) is 6.54 Å². The zero-order chi connectivity index (χ0) is 19.8. The molecule has 2 aromatic heterocycles. The Morgan fingerprint density at radius 1 is 1.04 bits per heavy atom. The maximum atomic E-state index is 5.75. The number of piperazine rings is 1. The van der Waals surface area contributed by atoms with Crippen LogP contribution in [0.1, 0.15) is 31.9 Å². The molecule has 0 aliphatic carbocycles. The Hall–Kier alpha value is -2.64. The largest absolute Gasteiger partial charge is 0.304 e. The lowest BCUT2D eigenvalue weighted by Gasteiger charge is -2.37. The second kappa shape index (κ2) is 8.83. The van der Waals surface area contributed by atoms with Crippen molar-refractivity contribution < 1.29 is 1.37 Å². The van der Waals surface area contributed by atoms with Crippen molar-refractivity contribution in [3.05, 3.63) is 71.8 Å². The lowest BCUT2D eigenvalue weighted by molar-refractivity contribution is 0.120. The Bertz CT molecular complexity index is 817. The highest BCUT2D eigenvalue weighted by Gasteiger charge is 2.30. The molecule has 1 fully saturated rings. The molecular formula is C20H27N7. The highest BCUT2D eigenvalue weighted by Crippen LogP contribution is 2.26. The molecule has 142 valence electrons. The first-order valence-electron chi connectivity index (χ1n) is 9.95. The molecule has 1 aromatic carbocycles. The highest BCUT2D eigenvalue weighted by atomic mass is 15.6. The highest BCUT2D eigenvalue weighted by molar-refractivity contribution is 5.19. The molecule has 1 saturated heterocycles. The summed E-state index contributed by atoms with van der Waals surface area (Å²) in [6, 6.07) is 16.3. The van der Waals surface area contributed by atoms with Gasteiger partial charge < -0.3 is 4.90 Å². The van der Waals surface area contributed by atoms with Gasteiger partial charge in [0.2, 0.25) is 0 Å². The van der Waals surface area contributed by atoms with Crippen LogP contribution in [0.3, 0.4) is 0 Å². The molecular weight excluding hydrogens is 338 g/mol. The normalized spacial score (nSPS) is 16.9. The first kappa shape index (κ1) is 17.8. The second-order valence-corrected chi connectivity index (χ2v) is 6.68. The van der Waals surface area contributed by atoms with Crippen molar-refractivity contribution in [3.63, 3.8) is 0 Å². The van der Waals surface area contributed by atoms with Gasteiger partial charge in [0.1, 0.15) is 6.04 Å². The minimum Gasteiger partial charge on any atom is -0.304 e. The summed E-state index contributed by atoms with van der Waals surface area (Å²) in [5.74, 6) is 0.845. The van der Waals surface area contributed by atoms with Crippen LogP contribution in [0.15, 0.2) is 54.7 Å². The van der Waals surface area contributed by atoms with Crippen molar-refractivity contribution in [3.8, 4) is 0 Å². The third-order valence-electron chi connectivity index (χ3n) is 4.85. The van der Waals surface area contributed by atoms with Crippen LogP contribution < -0.4 is 0 Å². The molecule has 3 aromatic rings. The van der Waals surface area contributed by atoms with Crippen molar-refractivity contribution >= 4 is 0 Å². The Balaban J connectivity index is 0.00000109. The van der Waals surface area contributed by atoms with Crippen LogP contribution in [-0.4, -0.2) is 68.2 Å². The predicted molar refractivity (Wildman–Crippen MR) is 105 cm³/mol. The van der Waals surface area contributed by atoms with E-state index in [1.165, 1.54) is 13.0 Å². The summed E-state index contributed by atoms with van der Waals surface area (Å²) in [6.07, 6.45) is 1.84. The number of aromatic nitrogens is 5. The van der Waals surface area contributed by atoms with Crippen molar-refractivity contribution in [1.29, 1.82) is 0 Å². The van der Waals surface area contributed by atoms with Gasteiger partial charge >= 0.3 is 0 Å². The van der Waals surface area contributed by atoms with Gasteiger partial charge in [-0.15, -0.1) is 5.10 Å². The number of pyridine rings is 1. The lowest BCUT2D eigenvalue weighted by Crippen LogP contribution is -2.47. The molecule has 0 radical (unpaired) electrons. The first-order valence-corrected chi connectivity index (χ1v) is 8.95. The van der Waals surface area contributed by atoms with Gasteiger partial charge in [-0.3, -0.25) is 9.88 Å².